The molecule has 4 heterocycles. The molecular weight excluding hydrogens is 865 g/mol. The highest BCUT2D eigenvalue weighted by Gasteiger charge is 2.44. The minimum Gasteiger partial charge on any atom is -0.507 e. The van der Waals surface area contributed by atoms with Crippen LogP contribution in [0.1, 0.15) is 73.8 Å². The van der Waals surface area contributed by atoms with Crippen LogP contribution in [0.15, 0.2) is 62.3 Å². The molecule has 17 nitrogen and oxygen atoms in total. The highest BCUT2D eigenvalue weighted by molar-refractivity contribution is 6.16. The maximum absolute atomic E-state index is 14.9. The van der Waals surface area contributed by atoms with Crippen molar-refractivity contribution in [3.8, 4) is 11.5 Å². The number of phenolic OH excluding ortho intramolecular Hbond substituents is 1. The third kappa shape index (κ3) is 9.09. The van der Waals surface area contributed by atoms with Crippen molar-refractivity contribution in [3.05, 3.63) is 79.5 Å². The average Bonchev–Trinajstić information content (AvgIpc) is 3.56. The largest absolute Gasteiger partial charge is 0.507 e. The number of phenols is 1. The quantitative estimate of drug-likeness (QED) is 0.0863. The highest BCUT2D eigenvalue weighted by Crippen LogP contribution is 2.42. The summed E-state index contributed by atoms with van der Waals surface area (Å²) in [7, 11) is 1.44. The Hall–Kier alpha value is -6.01. The molecule has 1 aromatic heterocycles. The van der Waals surface area contributed by atoms with Crippen LogP contribution in [0.3, 0.4) is 0 Å². The minimum atomic E-state index is -1.98. The van der Waals surface area contributed by atoms with Crippen molar-refractivity contribution in [3.63, 3.8) is 0 Å². The van der Waals surface area contributed by atoms with Gasteiger partial charge in [-0.1, -0.05) is 59.3 Å². The van der Waals surface area contributed by atoms with Gasteiger partial charge in [0.2, 0.25) is 10.9 Å². The summed E-state index contributed by atoms with van der Waals surface area (Å²) in [5.74, 6) is -6.93. The predicted molar refractivity (Wildman–Crippen MR) is 254 cm³/mol. The molecule has 7 rings (SSSR count). The standard InChI is InChI=1S/C50H62N4O13/c1-11-13-30-22-54(18-17-51-30)31-20-32(56)38-34(21-31)66-47-39(52-38)35-36-43(59)28(7)46-37(35)48(61)50(9,67-46)64-19-16-33(63-10)25(4)45(65-29(8)55)27(6)42(58)26(5)41(57)23(2)14-12-15-24(3)49(62)53-40(47)44(36)60/h12,14-16,19-21,23,25-27,30,33,41-42,45,51,57-59,61H,11,13,17-18,22H2,1-10H3,(H,53,62)/b14-12+,19-16+,24-15-/t23-,25+,26+,27+,30?,33-,41-,42+,45+,50?/m0/s1. The molecule has 17 heteroatoms. The van der Waals surface area contributed by atoms with Crippen molar-refractivity contribution < 1.29 is 53.4 Å². The molecule has 5 bridgehead atoms. The molecule has 3 aromatic carbocycles. The van der Waals surface area contributed by atoms with Gasteiger partial charge >= 0.3 is 11.8 Å². The van der Waals surface area contributed by atoms with Gasteiger partial charge in [0.1, 0.15) is 28.8 Å². The molecule has 2 unspecified atom stereocenters. The second-order valence-electron chi connectivity index (χ2n) is 18.4. The predicted octanol–water partition coefficient (Wildman–Crippen LogP) is 5.14. The van der Waals surface area contributed by atoms with E-state index in [0.29, 0.717) is 25.3 Å². The van der Waals surface area contributed by atoms with E-state index in [4.69, 9.17) is 28.3 Å². The number of nitrogens with zero attached hydrogens (tertiary/aromatic N) is 2. The molecule has 1 saturated heterocycles. The van der Waals surface area contributed by atoms with Gasteiger partial charge in [0.15, 0.2) is 22.4 Å². The van der Waals surface area contributed by atoms with E-state index in [9.17, 15) is 39.6 Å². The van der Waals surface area contributed by atoms with Gasteiger partial charge in [-0.15, -0.1) is 0 Å². The molecule has 3 aliphatic heterocycles. The molecule has 360 valence electrons. The van der Waals surface area contributed by atoms with Crippen molar-refractivity contribution >= 4 is 62.0 Å². The number of aliphatic hydroxyl groups is 3. The van der Waals surface area contributed by atoms with Gasteiger partial charge in [-0.2, -0.15) is 0 Å². The van der Waals surface area contributed by atoms with Crippen LogP contribution < -0.4 is 36.3 Å². The van der Waals surface area contributed by atoms with Crippen molar-refractivity contribution in [1.82, 2.24) is 10.3 Å². The third-order valence-corrected chi connectivity index (χ3v) is 13.7. The summed E-state index contributed by atoms with van der Waals surface area (Å²) in [6, 6.07) is 3.36. The van der Waals surface area contributed by atoms with E-state index in [2.05, 4.69) is 22.5 Å². The number of rotatable bonds is 5. The van der Waals surface area contributed by atoms with Crippen molar-refractivity contribution in [2.45, 2.75) is 111 Å². The molecule has 0 aliphatic carbocycles. The van der Waals surface area contributed by atoms with Gasteiger partial charge in [0, 0.05) is 105 Å². The normalized spacial score (nSPS) is 30.5. The number of piperazine rings is 1. The van der Waals surface area contributed by atoms with Gasteiger partial charge in [0.05, 0.1) is 35.2 Å². The van der Waals surface area contributed by atoms with E-state index in [1.807, 2.05) is 0 Å². The molecule has 10 atom stereocenters. The van der Waals surface area contributed by atoms with Crippen LogP contribution in [0.25, 0.3) is 38.7 Å². The number of hydrogen-bond acceptors (Lipinski definition) is 16. The third-order valence-electron chi connectivity index (χ3n) is 13.7. The summed E-state index contributed by atoms with van der Waals surface area (Å²) in [6.07, 6.45) is 5.48. The lowest BCUT2D eigenvalue weighted by Crippen LogP contribution is -2.50. The first-order chi connectivity index (χ1) is 31.7. The second-order valence-corrected chi connectivity index (χ2v) is 18.4. The molecule has 1 amide bonds. The van der Waals surface area contributed by atoms with Crippen LogP contribution in [-0.2, 0) is 23.8 Å². The van der Waals surface area contributed by atoms with Crippen molar-refractivity contribution in [1.29, 1.82) is 0 Å². The lowest BCUT2D eigenvalue weighted by molar-refractivity contribution is -0.160. The zero-order chi connectivity index (χ0) is 48.8. The molecule has 1 fully saturated rings. The SMILES string of the molecule is CCCC1CN(c2cc(=O)c3nc4c(oc3c2)c2c(=O)c3c(O)c(C)c5c(c34)=C(O)C(C)(O/C=C/[C@H](OC)[C@@H](C)[C@@H](OC(C)=O)[C@H](C)[C@H](O)[C@H](C)[C@@H](O)[C@@H](C)/C=C/C=C(/C)C(=O)N2)O5)CCN1. The van der Waals surface area contributed by atoms with Crippen molar-refractivity contribution in [2.75, 3.05) is 37.0 Å². The smallest absolute Gasteiger partial charge is 0.307 e. The number of aromatic nitrogens is 1. The molecule has 3 aliphatic rings. The van der Waals surface area contributed by atoms with Gasteiger partial charge in [-0.25, -0.2) is 4.98 Å². The number of amides is 1. The molecule has 0 radical (unpaired) electrons. The van der Waals surface area contributed by atoms with E-state index in [0.717, 1.165) is 12.8 Å². The molecule has 0 spiro atoms. The maximum atomic E-state index is 14.9. The summed E-state index contributed by atoms with van der Waals surface area (Å²) >= 11 is 0. The lowest BCUT2D eigenvalue weighted by Gasteiger charge is -2.38. The number of anilines is 2. The number of aromatic hydroxyl groups is 1. The fourth-order valence-electron chi connectivity index (χ4n) is 9.66. The number of esters is 1. The topological polar surface area (TPSA) is 239 Å². The Morgan fingerprint density at radius 2 is 1.73 bits per heavy atom. The first kappa shape index (κ1) is 48.9. The van der Waals surface area contributed by atoms with Crippen LogP contribution in [0.4, 0.5) is 11.4 Å². The van der Waals surface area contributed by atoms with E-state index >= 15 is 0 Å². The number of fused-ring (bicyclic) bond motifs is 5. The van der Waals surface area contributed by atoms with Gasteiger partial charge in [-0.3, -0.25) is 19.2 Å². The average molecular weight is 927 g/mol. The number of carbonyl (C=O) groups excluding carboxylic acids is 2. The Labute approximate surface area is 387 Å². The highest BCUT2D eigenvalue weighted by atomic mass is 16.7. The number of ether oxygens (including phenoxy) is 4. The minimum absolute atomic E-state index is 0.0353. The number of methoxy groups -OCH3 is 1. The monoisotopic (exact) mass is 926 g/mol. The fourth-order valence-corrected chi connectivity index (χ4v) is 9.66. The summed E-state index contributed by atoms with van der Waals surface area (Å²) < 4.78 is 30.5. The van der Waals surface area contributed by atoms with Gasteiger partial charge in [0.25, 0.3) is 5.91 Å². The van der Waals surface area contributed by atoms with Gasteiger partial charge in [-0.05, 0) is 26.3 Å². The van der Waals surface area contributed by atoms with E-state index in [1.54, 1.807) is 45.9 Å². The summed E-state index contributed by atoms with van der Waals surface area (Å²) in [5, 5.41) is 52.8. The number of hydrogen-bond donors (Lipinski definition) is 6. The number of benzene rings is 3. The molecule has 6 N–H and O–H groups in total. The molecular formula is C50H62N4O13. The maximum Gasteiger partial charge on any atom is 0.307 e. The Morgan fingerprint density at radius 1 is 1.00 bits per heavy atom. The number of carbonyl (C=O) groups is 2. The fraction of sp³-hybridized carbons (Fsp3) is 0.500. The Morgan fingerprint density at radius 3 is 2.42 bits per heavy atom. The van der Waals surface area contributed by atoms with Crippen LogP contribution in [0.2, 0.25) is 0 Å². The zero-order valence-electron chi connectivity index (χ0n) is 39.6. The Balaban J connectivity index is 1.48. The van der Waals surface area contributed by atoms with E-state index in [1.165, 1.54) is 59.3 Å². The Bertz CT molecular complexity index is 2870. The number of aliphatic hydroxyl groups excluding tert-OH is 3. The summed E-state index contributed by atoms with van der Waals surface area (Å²) in [4.78, 5) is 62.3. The van der Waals surface area contributed by atoms with Crippen LogP contribution in [0.5, 0.6) is 11.5 Å². The van der Waals surface area contributed by atoms with Gasteiger partial charge < -0.3 is 59.3 Å². The molecule has 4 aromatic rings. The number of nitrogens with one attached hydrogen (secondary N) is 2. The molecule has 67 heavy (non-hydrogen) atoms. The Kier molecular flexibility index (Phi) is 14.1. The zero-order valence-corrected chi connectivity index (χ0v) is 39.6. The van der Waals surface area contributed by atoms with Crippen molar-refractivity contribution in [2.24, 2.45) is 23.7 Å². The van der Waals surface area contributed by atoms with Crippen LogP contribution in [0, 0.1) is 30.6 Å². The number of allylic oxidation sites excluding steroid dienone is 2. The summed E-state index contributed by atoms with van der Waals surface area (Å²) in [5.41, 5.74) is -1.38. The van der Waals surface area contributed by atoms with E-state index < -0.39 is 88.1 Å². The van der Waals surface area contributed by atoms with Crippen LogP contribution in [-0.4, -0.2) is 100 Å². The molecule has 0 saturated carbocycles. The lowest BCUT2D eigenvalue weighted by atomic mass is 9.78. The van der Waals surface area contributed by atoms with Crippen LogP contribution >= 0.6 is 0 Å². The first-order valence-corrected chi connectivity index (χ1v) is 22.8. The second kappa shape index (κ2) is 19.3. The summed E-state index contributed by atoms with van der Waals surface area (Å²) in [6.45, 7) is 16.7. The first-order valence-electron chi connectivity index (χ1n) is 22.8. The van der Waals surface area contributed by atoms with E-state index in [-0.39, 0.29) is 66.8 Å².